The highest BCUT2D eigenvalue weighted by Gasteiger charge is 2.13. The van der Waals surface area contributed by atoms with Gasteiger partial charge in [0, 0.05) is 0 Å². The molecule has 0 aliphatic rings. The Labute approximate surface area is 197 Å². The average Bonchev–Trinajstić information content (AvgIpc) is 2.81. The quantitative estimate of drug-likeness (QED) is 0.217. The van der Waals surface area contributed by atoms with E-state index >= 15 is 0 Å². The van der Waals surface area contributed by atoms with Crippen LogP contribution in [0, 0.1) is 19.7 Å². The fourth-order valence-corrected chi connectivity index (χ4v) is 3.08. The summed E-state index contributed by atoms with van der Waals surface area (Å²) in [6, 6.07) is 15.6. The van der Waals surface area contributed by atoms with Crippen LogP contribution in [0.5, 0.6) is 17.2 Å². The molecule has 3 rings (SSSR count). The first-order chi connectivity index (χ1) is 16.4. The van der Waals surface area contributed by atoms with E-state index < -0.39 is 17.7 Å². The molecule has 0 radical (unpaired) electrons. The van der Waals surface area contributed by atoms with Crippen LogP contribution in [0.3, 0.4) is 0 Å². The Hall–Kier alpha value is -4.20. The molecule has 0 unspecified atom stereocenters. The van der Waals surface area contributed by atoms with Crippen LogP contribution in [0.4, 0.5) is 4.39 Å². The van der Waals surface area contributed by atoms with E-state index in [9.17, 15) is 14.0 Å². The van der Waals surface area contributed by atoms with E-state index in [1.807, 2.05) is 32.0 Å². The predicted octanol–water partition coefficient (Wildman–Crippen LogP) is 4.59. The molecule has 0 saturated carbocycles. The number of benzene rings is 3. The SMILES string of the molecule is CCOc1cc(/C=N\NC(=O)COc2c(C)cccc2C)ccc1OC(=O)c1ccc(F)cc1. The van der Waals surface area contributed by atoms with Gasteiger partial charge in [0.25, 0.3) is 5.91 Å². The molecular formula is C26H25FN2O5. The van der Waals surface area contributed by atoms with Gasteiger partial charge in [-0.3, -0.25) is 4.79 Å². The van der Waals surface area contributed by atoms with Crippen molar-refractivity contribution in [3.8, 4) is 17.2 Å². The second-order valence-corrected chi connectivity index (χ2v) is 7.34. The number of nitrogens with zero attached hydrogens (tertiary/aromatic N) is 1. The Morgan fingerprint density at radius 2 is 1.68 bits per heavy atom. The number of halogens is 1. The third-order valence-corrected chi connectivity index (χ3v) is 4.71. The number of carbonyl (C=O) groups is 2. The molecule has 0 aliphatic heterocycles. The molecule has 0 aliphatic carbocycles. The fourth-order valence-electron chi connectivity index (χ4n) is 3.08. The Balaban J connectivity index is 1.61. The minimum atomic E-state index is -0.640. The Morgan fingerprint density at radius 1 is 0.971 bits per heavy atom. The first-order valence-electron chi connectivity index (χ1n) is 10.6. The second-order valence-electron chi connectivity index (χ2n) is 7.34. The average molecular weight is 464 g/mol. The molecular weight excluding hydrogens is 439 g/mol. The summed E-state index contributed by atoms with van der Waals surface area (Å²) < 4.78 is 29.6. The molecule has 1 amide bonds. The molecule has 0 spiro atoms. The summed E-state index contributed by atoms with van der Waals surface area (Å²) in [5.41, 5.74) is 5.12. The smallest absolute Gasteiger partial charge is 0.343 e. The molecule has 34 heavy (non-hydrogen) atoms. The Kier molecular flexibility index (Phi) is 8.34. The minimum Gasteiger partial charge on any atom is -0.490 e. The lowest BCUT2D eigenvalue weighted by Crippen LogP contribution is -2.25. The molecule has 0 saturated heterocycles. The highest BCUT2D eigenvalue weighted by Crippen LogP contribution is 2.29. The van der Waals surface area contributed by atoms with Gasteiger partial charge in [-0.05, 0) is 79.9 Å². The maximum atomic E-state index is 13.1. The van der Waals surface area contributed by atoms with Crippen molar-refractivity contribution in [3.05, 3.63) is 88.7 Å². The molecule has 1 N–H and O–H groups in total. The van der Waals surface area contributed by atoms with Crippen LogP contribution in [-0.2, 0) is 4.79 Å². The maximum Gasteiger partial charge on any atom is 0.343 e. The number of hydrogen-bond acceptors (Lipinski definition) is 6. The van der Waals surface area contributed by atoms with Gasteiger partial charge >= 0.3 is 5.97 Å². The van der Waals surface area contributed by atoms with E-state index in [2.05, 4.69) is 10.5 Å². The Bertz CT molecular complexity index is 1170. The van der Waals surface area contributed by atoms with Crippen LogP contribution < -0.4 is 19.6 Å². The molecule has 8 heteroatoms. The molecule has 0 aromatic heterocycles. The number of rotatable bonds is 9. The van der Waals surface area contributed by atoms with E-state index in [-0.39, 0.29) is 17.9 Å². The molecule has 176 valence electrons. The van der Waals surface area contributed by atoms with Crippen LogP contribution >= 0.6 is 0 Å². The van der Waals surface area contributed by atoms with E-state index in [1.54, 1.807) is 25.1 Å². The number of esters is 1. The summed E-state index contributed by atoms with van der Waals surface area (Å²) in [7, 11) is 0. The van der Waals surface area contributed by atoms with Crippen molar-refractivity contribution in [1.82, 2.24) is 5.43 Å². The molecule has 7 nitrogen and oxygen atoms in total. The summed E-state index contributed by atoms with van der Waals surface area (Å²) in [6.45, 7) is 5.78. The predicted molar refractivity (Wildman–Crippen MR) is 126 cm³/mol. The van der Waals surface area contributed by atoms with Gasteiger partial charge < -0.3 is 14.2 Å². The summed E-state index contributed by atoms with van der Waals surface area (Å²) in [5.74, 6) is -0.286. The number of amides is 1. The van der Waals surface area contributed by atoms with E-state index in [4.69, 9.17) is 14.2 Å². The van der Waals surface area contributed by atoms with Gasteiger partial charge in [0.2, 0.25) is 0 Å². The van der Waals surface area contributed by atoms with Crippen molar-refractivity contribution in [2.24, 2.45) is 5.10 Å². The van der Waals surface area contributed by atoms with Crippen LogP contribution in [0.25, 0.3) is 0 Å². The molecule has 0 fully saturated rings. The third kappa shape index (κ3) is 6.65. The maximum absolute atomic E-state index is 13.1. The number of ether oxygens (including phenoxy) is 3. The highest BCUT2D eigenvalue weighted by atomic mass is 19.1. The number of carbonyl (C=O) groups excluding carboxylic acids is 2. The third-order valence-electron chi connectivity index (χ3n) is 4.71. The molecule has 0 bridgehead atoms. The van der Waals surface area contributed by atoms with Gasteiger partial charge in [0.05, 0.1) is 18.4 Å². The van der Waals surface area contributed by atoms with Crippen LogP contribution in [0.1, 0.15) is 34.0 Å². The van der Waals surface area contributed by atoms with Crippen molar-refractivity contribution < 1.29 is 28.2 Å². The second kappa shape index (κ2) is 11.6. The van der Waals surface area contributed by atoms with Crippen molar-refractivity contribution >= 4 is 18.1 Å². The zero-order valence-corrected chi connectivity index (χ0v) is 19.1. The van der Waals surface area contributed by atoms with Crippen LogP contribution in [0.15, 0.2) is 65.8 Å². The van der Waals surface area contributed by atoms with E-state index in [0.29, 0.717) is 23.7 Å². The van der Waals surface area contributed by atoms with Gasteiger partial charge in [-0.15, -0.1) is 0 Å². The first-order valence-corrected chi connectivity index (χ1v) is 10.6. The highest BCUT2D eigenvalue weighted by molar-refractivity contribution is 5.91. The topological polar surface area (TPSA) is 86.2 Å². The largest absolute Gasteiger partial charge is 0.490 e. The molecule has 3 aromatic rings. The lowest BCUT2D eigenvalue weighted by molar-refractivity contribution is -0.123. The van der Waals surface area contributed by atoms with Crippen LogP contribution in [0.2, 0.25) is 0 Å². The number of nitrogens with one attached hydrogen (secondary N) is 1. The van der Waals surface area contributed by atoms with Gasteiger partial charge in [-0.2, -0.15) is 5.10 Å². The van der Waals surface area contributed by atoms with Gasteiger partial charge in [-0.25, -0.2) is 14.6 Å². The van der Waals surface area contributed by atoms with Crippen molar-refractivity contribution in [1.29, 1.82) is 0 Å². The number of hydrogen-bond donors (Lipinski definition) is 1. The summed E-state index contributed by atoms with van der Waals surface area (Å²) in [6.07, 6.45) is 1.44. The van der Waals surface area contributed by atoms with Crippen LogP contribution in [-0.4, -0.2) is 31.3 Å². The zero-order chi connectivity index (χ0) is 24.5. The number of hydrazone groups is 1. The van der Waals surface area contributed by atoms with Crippen molar-refractivity contribution in [2.75, 3.05) is 13.2 Å². The van der Waals surface area contributed by atoms with Crippen molar-refractivity contribution in [3.63, 3.8) is 0 Å². The number of aryl methyl sites for hydroxylation is 2. The fraction of sp³-hybridized carbons (Fsp3) is 0.192. The summed E-state index contributed by atoms with van der Waals surface area (Å²) in [5, 5.41) is 3.94. The summed E-state index contributed by atoms with van der Waals surface area (Å²) in [4.78, 5) is 24.4. The molecule has 0 atom stereocenters. The van der Waals surface area contributed by atoms with Gasteiger partial charge in [0.15, 0.2) is 18.1 Å². The molecule has 3 aromatic carbocycles. The standard InChI is InChI=1S/C26H25FN2O5/c1-4-32-23-14-19(8-13-22(23)34-26(31)20-9-11-21(27)12-10-20)15-28-29-24(30)16-33-25-17(2)6-5-7-18(25)3/h5-15H,4,16H2,1-3H3,(H,29,30)/b28-15-. The van der Waals surface area contributed by atoms with E-state index in [0.717, 1.165) is 11.1 Å². The minimum absolute atomic E-state index is 0.175. The number of para-hydroxylation sites is 1. The summed E-state index contributed by atoms with van der Waals surface area (Å²) >= 11 is 0. The first kappa shape index (κ1) is 24.4. The van der Waals surface area contributed by atoms with E-state index in [1.165, 1.54) is 30.5 Å². The lowest BCUT2D eigenvalue weighted by atomic mass is 10.1. The van der Waals surface area contributed by atoms with Gasteiger partial charge in [-0.1, -0.05) is 18.2 Å². The normalized spacial score (nSPS) is 10.7. The monoisotopic (exact) mass is 464 g/mol. The lowest BCUT2D eigenvalue weighted by Gasteiger charge is -2.11. The van der Waals surface area contributed by atoms with Crippen molar-refractivity contribution in [2.45, 2.75) is 20.8 Å². The zero-order valence-electron chi connectivity index (χ0n) is 19.1. The van der Waals surface area contributed by atoms with Gasteiger partial charge in [0.1, 0.15) is 11.6 Å². The molecule has 0 heterocycles. The Morgan fingerprint density at radius 3 is 2.35 bits per heavy atom.